The van der Waals surface area contributed by atoms with E-state index < -0.39 is 12.2 Å². The van der Waals surface area contributed by atoms with Crippen molar-refractivity contribution >= 4 is 23.1 Å². The van der Waals surface area contributed by atoms with Gasteiger partial charge in [0.15, 0.2) is 23.1 Å². The molecular weight excluding hydrogens is 721 g/mol. The molecule has 58 heavy (non-hydrogen) atoms. The molecule has 0 radical (unpaired) electrons. The Bertz CT molecular complexity index is 1100. The van der Waals surface area contributed by atoms with Crippen LogP contribution in [0.15, 0.2) is 24.3 Å². The number of ether oxygens (including phenoxy) is 2. The summed E-state index contributed by atoms with van der Waals surface area (Å²) in [4.78, 5) is 52.8. The molecule has 0 aliphatic carbocycles. The third-order valence-corrected chi connectivity index (χ3v) is 11.5. The molecule has 1 aromatic rings. The smallest absolute Gasteiger partial charge is 0.188 e. The van der Waals surface area contributed by atoms with Gasteiger partial charge in [-0.3, -0.25) is 19.2 Å². The SMILES string of the molecule is CCCCCCCCCCCCCCCC(=O)[C@@H](CC(C)C)OCC(=O)c1cccc(C(=O)CO[C@H](CC(C)C)C(=O)CCCCCCCCCCCCCCC)c1. The summed E-state index contributed by atoms with van der Waals surface area (Å²) in [7, 11) is 0. The maximum atomic E-state index is 13.2. The predicted octanol–water partition coefficient (Wildman–Crippen LogP) is 15.0. The lowest BCUT2D eigenvalue weighted by molar-refractivity contribution is -0.131. The van der Waals surface area contributed by atoms with E-state index in [-0.39, 0.29) is 48.2 Å². The molecule has 0 unspecified atom stereocenters. The van der Waals surface area contributed by atoms with Gasteiger partial charge in [0.1, 0.15) is 25.4 Å². The van der Waals surface area contributed by atoms with Gasteiger partial charge in [-0.15, -0.1) is 0 Å². The highest BCUT2D eigenvalue weighted by atomic mass is 16.5. The van der Waals surface area contributed by atoms with Crippen LogP contribution >= 0.6 is 0 Å². The highest BCUT2D eigenvalue weighted by molar-refractivity contribution is 6.02. The van der Waals surface area contributed by atoms with Crippen LogP contribution < -0.4 is 0 Å². The third-order valence-electron chi connectivity index (χ3n) is 11.5. The van der Waals surface area contributed by atoms with Crippen LogP contribution in [0.25, 0.3) is 0 Å². The number of rotatable bonds is 42. The molecule has 0 aliphatic heterocycles. The first-order valence-corrected chi connectivity index (χ1v) is 24.5. The number of hydrogen-bond acceptors (Lipinski definition) is 6. The zero-order valence-corrected chi connectivity index (χ0v) is 38.7. The molecule has 1 aromatic carbocycles. The molecule has 0 amide bonds. The van der Waals surface area contributed by atoms with Crippen molar-refractivity contribution in [2.45, 2.75) is 246 Å². The van der Waals surface area contributed by atoms with Crippen molar-refractivity contribution in [1.82, 2.24) is 0 Å². The summed E-state index contributed by atoms with van der Waals surface area (Å²) in [5, 5.41) is 0. The fourth-order valence-corrected chi connectivity index (χ4v) is 7.78. The van der Waals surface area contributed by atoms with E-state index in [1.807, 2.05) is 0 Å². The Morgan fingerprint density at radius 2 is 0.707 bits per heavy atom. The molecule has 0 saturated heterocycles. The van der Waals surface area contributed by atoms with E-state index in [0.29, 0.717) is 36.8 Å². The number of carbonyl (C=O) groups excluding carboxylic acids is 4. The fraction of sp³-hybridized carbons (Fsp3) is 0.808. The van der Waals surface area contributed by atoms with Gasteiger partial charge in [0.25, 0.3) is 0 Å². The molecular formula is C52H90O6. The molecule has 0 aromatic heterocycles. The van der Waals surface area contributed by atoms with Gasteiger partial charge in [-0.2, -0.15) is 0 Å². The number of benzene rings is 1. The van der Waals surface area contributed by atoms with Gasteiger partial charge < -0.3 is 9.47 Å². The molecule has 2 atom stereocenters. The second-order valence-corrected chi connectivity index (χ2v) is 18.2. The lowest BCUT2D eigenvalue weighted by Gasteiger charge is -2.19. The monoisotopic (exact) mass is 811 g/mol. The number of Topliss-reactive ketones (excluding diaryl/α,β-unsaturated/α-hetero) is 4. The fourth-order valence-electron chi connectivity index (χ4n) is 7.78. The van der Waals surface area contributed by atoms with Crippen molar-refractivity contribution in [2.24, 2.45) is 11.8 Å². The van der Waals surface area contributed by atoms with E-state index in [1.165, 1.54) is 128 Å². The van der Waals surface area contributed by atoms with Crippen LogP contribution in [0, 0.1) is 11.8 Å². The quantitative estimate of drug-likeness (QED) is 0.0483. The lowest BCUT2D eigenvalue weighted by atomic mass is 9.98. The molecule has 0 saturated carbocycles. The first-order valence-electron chi connectivity index (χ1n) is 24.5. The van der Waals surface area contributed by atoms with Gasteiger partial charge in [0, 0.05) is 24.0 Å². The van der Waals surface area contributed by atoms with Crippen molar-refractivity contribution < 1.29 is 28.7 Å². The average Bonchev–Trinajstić information content (AvgIpc) is 3.20. The summed E-state index contributed by atoms with van der Waals surface area (Å²) in [6, 6.07) is 6.63. The molecule has 0 bridgehead atoms. The first kappa shape index (κ1) is 53.8. The van der Waals surface area contributed by atoms with E-state index in [0.717, 1.165) is 38.5 Å². The third kappa shape index (κ3) is 29.1. The maximum Gasteiger partial charge on any atom is 0.188 e. The Kier molecular flexibility index (Phi) is 34.0. The van der Waals surface area contributed by atoms with Gasteiger partial charge >= 0.3 is 0 Å². The van der Waals surface area contributed by atoms with Crippen molar-refractivity contribution in [3.05, 3.63) is 35.4 Å². The summed E-state index contributed by atoms with van der Waals surface area (Å²) in [6.07, 6.45) is 33.7. The topological polar surface area (TPSA) is 86.7 Å². The van der Waals surface area contributed by atoms with Crippen LogP contribution in [0.1, 0.15) is 255 Å². The molecule has 6 heteroatoms. The number of carbonyl (C=O) groups is 4. The Morgan fingerprint density at radius 3 is 0.983 bits per heavy atom. The maximum absolute atomic E-state index is 13.2. The van der Waals surface area contributed by atoms with Crippen LogP contribution in [0.2, 0.25) is 0 Å². The van der Waals surface area contributed by atoms with E-state index in [4.69, 9.17) is 9.47 Å². The molecule has 0 fully saturated rings. The van der Waals surface area contributed by atoms with Crippen molar-refractivity contribution in [1.29, 1.82) is 0 Å². The van der Waals surface area contributed by atoms with E-state index >= 15 is 0 Å². The summed E-state index contributed by atoms with van der Waals surface area (Å²) in [6.45, 7) is 12.4. The Hall–Kier alpha value is -2.18. The largest absolute Gasteiger partial charge is 0.362 e. The predicted molar refractivity (Wildman–Crippen MR) is 244 cm³/mol. The number of hydrogen-bond donors (Lipinski definition) is 0. The highest BCUT2D eigenvalue weighted by Gasteiger charge is 2.24. The minimum atomic E-state index is -0.602. The van der Waals surface area contributed by atoms with Crippen molar-refractivity contribution in [2.75, 3.05) is 13.2 Å². The molecule has 0 spiro atoms. The standard InChI is InChI=1S/C52H90O6/c1-7-9-11-13-15-17-19-21-23-25-27-29-31-36-47(53)51(38-43(3)4)57-41-49(55)45-34-33-35-46(40-45)50(56)42-58-52(39-44(5)6)48(54)37-32-30-28-26-24-22-20-18-16-14-12-10-8-2/h33-35,40,43-44,51-52H,7-32,36-39,41-42H2,1-6H3/t51-,52-/m1/s1. The Morgan fingerprint density at radius 1 is 0.431 bits per heavy atom. The summed E-state index contributed by atoms with van der Waals surface area (Å²) in [5.41, 5.74) is 0.741. The summed E-state index contributed by atoms with van der Waals surface area (Å²) < 4.78 is 12.0. The molecule has 0 aliphatic rings. The summed E-state index contributed by atoms with van der Waals surface area (Å²) >= 11 is 0. The number of unbranched alkanes of at least 4 members (excludes halogenated alkanes) is 24. The van der Waals surface area contributed by atoms with E-state index in [9.17, 15) is 19.2 Å². The molecule has 6 nitrogen and oxygen atoms in total. The van der Waals surface area contributed by atoms with Crippen molar-refractivity contribution in [3.63, 3.8) is 0 Å². The van der Waals surface area contributed by atoms with Gasteiger partial charge in [0.2, 0.25) is 0 Å². The molecule has 334 valence electrons. The van der Waals surface area contributed by atoms with Gasteiger partial charge in [0.05, 0.1) is 0 Å². The van der Waals surface area contributed by atoms with Crippen LogP contribution in [-0.4, -0.2) is 48.6 Å². The van der Waals surface area contributed by atoms with Gasteiger partial charge in [-0.05, 0) is 43.6 Å². The average molecular weight is 811 g/mol. The van der Waals surface area contributed by atoms with Gasteiger partial charge in [-0.25, -0.2) is 0 Å². The molecule has 1 rings (SSSR count). The normalized spacial score (nSPS) is 12.7. The Balaban J connectivity index is 2.45. The second kappa shape index (κ2) is 36.7. The number of ketones is 4. The van der Waals surface area contributed by atoms with E-state index in [2.05, 4.69) is 41.5 Å². The van der Waals surface area contributed by atoms with Crippen LogP contribution in [0.4, 0.5) is 0 Å². The van der Waals surface area contributed by atoms with Crippen molar-refractivity contribution in [3.8, 4) is 0 Å². The zero-order chi connectivity index (χ0) is 42.6. The van der Waals surface area contributed by atoms with Crippen LogP contribution in [0.5, 0.6) is 0 Å². The van der Waals surface area contributed by atoms with Crippen LogP contribution in [-0.2, 0) is 19.1 Å². The minimum Gasteiger partial charge on any atom is -0.362 e. The molecule has 0 N–H and O–H groups in total. The minimum absolute atomic E-state index is 0.0743. The summed E-state index contributed by atoms with van der Waals surface area (Å²) in [5.74, 6) is 0.151. The van der Waals surface area contributed by atoms with E-state index in [1.54, 1.807) is 24.3 Å². The van der Waals surface area contributed by atoms with Crippen LogP contribution in [0.3, 0.4) is 0 Å². The Labute approximate surface area is 357 Å². The second-order valence-electron chi connectivity index (χ2n) is 18.2. The highest BCUT2D eigenvalue weighted by Crippen LogP contribution is 2.19. The van der Waals surface area contributed by atoms with Gasteiger partial charge in [-0.1, -0.05) is 214 Å². The first-order chi connectivity index (χ1) is 28.1. The zero-order valence-electron chi connectivity index (χ0n) is 38.7. The lowest BCUT2D eigenvalue weighted by Crippen LogP contribution is -2.29. The molecule has 0 heterocycles.